The molecule has 0 spiro atoms. The molecule has 2 N–H and O–H groups in total. The monoisotopic (exact) mass is 969 g/mol. The normalized spacial score (nSPS) is 13.7. The molecule has 2 rings (SSSR count). The third-order valence-corrected chi connectivity index (χ3v) is 13.3. The second-order valence-corrected chi connectivity index (χ2v) is 19.4. The minimum Gasteiger partial charge on any atom is -0.481 e. The summed E-state index contributed by atoms with van der Waals surface area (Å²) in [7, 11) is 0. The minimum atomic E-state index is -0.895. The zero-order valence-corrected chi connectivity index (χ0v) is 43.2. The highest BCUT2D eigenvalue weighted by Gasteiger charge is 2.38. The summed E-state index contributed by atoms with van der Waals surface area (Å²) in [6.45, 7) is 8.16. The van der Waals surface area contributed by atoms with Crippen molar-refractivity contribution in [2.24, 2.45) is 0 Å². The number of hydrogen-bond donors (Lipinski definition) is 2. The molecule has 1 aromatic heterocycles. The summed E-state index contributed by atoms with van der Waals surface area (Å²) in [6.07, 6.45) is 41.2. The summed E-state index contributed by atoms with van der Waals surface area (Å²) in [4.78, 5) is 46.8. The zero-order chi connectivity index (χ0) is 48.7. The average molecular weight is 969 g/mol. The maximum atomic E-state index is 12.5. The number of aliphatic carboxylic acids is 2. The van der Waals surface area contributed by atoms with Gasteiger partial charge in [0.05, 0.1) is 89.7 Å². The van der Waals surface area contributed by atoms with Crippen molar-refractivity contribution in [2.45, 2.75) is 231 Å². The molecule has 1 saturated heterocycles. The fraction of sp³-hybridized carbons (Fsp3) is 0.885. The van der Waals surface area contributed by atoms with Crippen LogP contribution >= 0.6 is 11.8 Å². The van der Waals surface area contributed by atoms with Crippen molar-refractivity contribution in [2.75, 3.05) is 65.2 Å². The Morgan fingerprint density at radius 3 is 1.37 bits per heavy atom. The molecule has 67 heavy (non-hydrogen) atoms. The van der Waals surface area contributed by atoms with Gasteiger partial charge in [0.25, 0.3) is 0 Å². The van der Waals surface area contributed by atoms with Gasteiger partial charge in [-0.25, -0.2) is 4.68 Å². The summed E-state index contributed by atoms with van der Waals surface area (Å²) in [5.74, 6) is -1.02. The van der Waals surface area contributed by atoms with Gasteiger partial charge in [0.15, 0.2) is 0 Å². The number of likely N-dealkylation sites (tertiary alicyclic amines) is 1. The number of carboxylic acids is 2. The van der Waals surface area contributed by atoms with Crippen LogP contribution in [0.15, 0.2) is 6.20 Å². The smallest absolute Gasteiger partial charge is 0.305 e. The number of rotatable bonds is 49. The van der Waals surface area contributed by atoms with Gasteiger partial charge in [-0.2, -0.15) is 0 Å². The number of aromatic nitrogens is 3. The van der Waals surface area contributed by atoms with E-state index in [0.717, 1.165) is 24.3 Å². The van der Waals surface area contributed by atoms with Crippen LogP contribution in [-0.4, -0.2) is 124 Å². The fourth-order valence-electron chi connectivity index (χ4n) is 7.88. The molecular formula is C52H96N4O10S. The van der Waals surface area contributed by atoms with Crippen molar-refractivity contribution in [3.05, 3.63) is 11.9 Å². The van der Waals surface area contributed by atoms with Gasteiger partial charge >= 0.3 is 11.9 Å². The quantitative estimate of drug-likeness (QED) is 0.0466. The standard InChI is InChI=1S/C27H49NO6S.C25H47N3O4/c1-2-3-4-5-6-7-8-9-10-11-12-13-14-15-22-35-24-23-25(29)28(27(24)32)17-19-34-21-20-33-18-16-26(30)31;1-2-3-4-5-6-7-8-9-10-11-12-13-14-15-16-24-23-28(27-26-24)18-20-32-22-21-31-19-17-25(29)30/h24H,2-23H2,1H3,(H,30,31);23H,2-22H2,1H3,(H,29,30). The lowest BCUT2D eigenvalue weighted by atomic mass is 10.0. The Labute approximate surface area is 410 Å². The zero-order valence-electron chi connectivity index (χ0n) is 42.4. The maximum absolute atomic E-state index is 12.5. The molecule has 1 atom stereocenters. The largest absolute Gasteiger partial charge is 0.481 e. The molecule has 0 bridgehead atoms. The highest BCUT2D eigenvalue weighted by atomic mass is 32.2. The third kappa shape index (κ3) is 39.9. The molecule has 1 unspecified atom stereocenters. The number of carboxylic acid groups (broad SMARTS) is 2. The van der Waals surface area contributed by atoms with Crippen molar-refractivity contribution < 1.29 is 48.3 Å². The predicted octanol–water partition coefficient (Wildman–Crippen LogP) is 11.6. The number of nitrogens with zero attached hydrogens (tertiary/aromatic N) is 4. The summed E-state index contributed by atoms with van der Waals surface area (Å²) in [5.41, 5.74) is 1.06. The minimum absolute atomic E-state index is 0.0288. The van der Waals surface area contributed by atoms with E-state index >= 15 is 0 Å². The molecule has 2 amide bonds. The Hall–Kier alpha value is -2.59. The van der Waals surface area contributed by atoms with E-state index in [1.165, 1.54) is 178 Å². The molecule has 0 aromatic carbocycles. The Bertz CT molecular complexity index is 1320. The molecular weight excluding hydrogens is 873 g/mol. The first-order valence-electron chi connectivity index (χ1n) is 26.9. The topological polar surface area (TPSA) is 180 Å². The van der Waals surface area contributed by atoms with Crippen LogP contribution in [0.3, 0.4) is 0 Å². The van der Waals surface area contributed by atoms with Gasteiger partial charge in [-0.05, 0) is 25.0 Å². The van der Waals surface area contributed by atoms with Crippen LogP contribution < -0.4 is 0 Å². The second-order valence-electron chi connectivity index (χ2n) is 18.1. The number of carbonyl (C=O) groups is 4. The van der Waals surface area contributed by atoms with Gasteiger partial charge in [0.1, 0.15) is 0 Å². The summed E-state index contributed by atoms with van der Waals surface area (Å²) < 4.78 is 23.0. The number of carbonyl (C=O) groups excluding carboxylic acids is 2. The van der Waals surface area contributed by atoms with Crippen LogP contribution in [0.1, 0.15) is 219 Å². The highest BCUT2D eigenvalue weighted by molar-refractivity contribution is 8.00. The molecule has 15 heteroatoms. The van der Waals surface area contributed by atoms with Crippen molar-refractivity contribution in [3.63, 3.8) is 0 Å². The van der Waals surface area contributed by atoms with Gasteiger partial charge in [-0.15, -0.1) is 16.9 Å². The summed E-state index contributed by atoms with van der Waals surface area (Å²) in [5, 5.41) is 25.2. The number of thioether (sulfide) groups is 1. The molecule has 0 saturated carbocycles. The fourth-order valence-corrected chi connectivity index (χ4v) is 9.07. The molecule has 14 nitrogen and oxygen atoms in total. The second kappa shape index (κ2) is 47.1. The van der Waals surface area contributed by atoms with Gasteiger partial charge < -0.3 is 29.2 Å². The molecule has 2 heterocycles. The van der Waals surface area contributed by atoms with Gasteiger partial charge in [0.2, 0.25) is 11.8 Å². The molecule has 390 valence electrons. The first kappa shape index (κ1) is 62.4. The first-order valence-corrected chi connectivity index (χ1v) is 27.9. The van der Waals surface area contributed by atoms with Crippen molar-refractivity contribution in [1.82, 2.24) is 19.9 Å². The number of unbranched alkanes of at least 4 members (excludes halogenated alkanes) is 26. The lowest BCUT2D eigenvalue weighted by Crippen LogP contribution is -2.34. The molecule has 1 aliphatic rings. The number of ether oxygens (including phenoxy) is 4. The number of hydrogen-bond acceptors (Lipinski definition) is 11. The molecule has 0 radical (unpaired) electrons. The van der Waals surface area contributed by atoms with E-state index in [1.54, 1.807) is 11.8 Å². The summed E-state index contributed by atoms with van der Waals surface area (Å²) >= 11 is 1.62. The van der Waals surface area contributed by atoms with Crippen LogP contribution in [0.25, 0.3) is 0 Å². The van der Waals surface area contributed by atoms with Crippen LogP contribution in [0, 0.1) is 0 Å². The van der Waals surface area contributed by atoms with Gasteiger partial charge in [-0.3, -0.25) is 24.1 Å². The van der Waals surface area contributed by atoms with E-state index < -0.39 is 11.9 Å². The van der Waals surface area contributed by atoms with E-state index in [1.807, 2.05) is 10.9 Å². The van der Waals surface area contributed by atoms with Crippen molar-refractivity contribution >= 4 is 35.5 Å². The van der Waals surface area contributed by atoms with E-state index in [0.29, 0.717) is 46.0 Å². The lowest BCUT2D eigenvalue weighted by molar-refractivity contribution is -0.140. The summed E-state index contributed by atoms with van der Waals surface area (Å²) in [6, 6.07) is 0. The number of aryl methyl sites for hydroxylation is 1. The number of imide groups is 1. The van der Waals surface area contributed by atoms with E-state index in [9.17, 15) is 19.2 Å². The Kier molecular flexibility index (Phi) is 43.9. The van der Waals surface area contributed by atoms with Crippen LogP contribution in [0.2, 0.25) is 0 Å². The lowest BCUT2D eigenvalue weighted by Gasteiger charge is -2.15. The SMILES string of the molecule is CCCCCCCCCCCCCCCCSC1CC(=O)N(CCOCCOCCC(=O)O)C1=O.CCCCCCCCCCCCCCCCc1cn(CCOCCOCCC(=O)O)nn1. The average Bonchev–Trinajstić information content (AvgIpc) is 3.88. The van der Waals surface area contributed by atoms with Crippen LogP contribution in [0.5, 0.6) is 0 Å². The van der Waals surface area contributed by atoms with Crippen LogP contribution in [0.4, 0.5) is 0 Å². The molecule has 1 aliphatic heterocycles. The Morgan fingerprint density at radius 2 is 0.940 bits per heavy atom. The Morgan fingerprint density at radius 1 is 0.552 bits per heavy atom. The molecule has 0 aliphatic carbocycles. The molecule has 1 aromatic rings. The van der Waals surface area contributed by atoms with E-state index in [4.69, 9.17) is 29.2 Å². The van der Waals surface area contributed by atoms with Gasteiger partial charge in [0, 0.05) is 12.6 Å². The maximum Gasteiger partial charge on any atom is 0.305 e. The Balaban J connectivity index is 0.000000673. The van der Waals surface area contributed by atoms with Gasteiger partial charge in [-0.1, -0.05) is 186 Å². The molecule has 1 fully saturated rings. The van der Waals surface area contributed by atoms with E-state index in [-0.39, 0.29) is 56.3 Å². The predicted molar refractivity (Wildman–Crippen MR) is 270 cm³/mol. The third-order valence-electron chi connectivity index (χ3n) is 12.0. The highest BCUT2D eigenvalue weighted by Crippen LogP contribution is 2.26. The van der Waals surface area contributed by atoms with E-state index in [2.05, 4.69) is 24.2 Å². The van der Waals surface area contributed by atoms with Crippen molar-refractivity contribution in [3.8, 4) is 0 Å². The van der Waals surface area contributed by atoms with Crippen molar-refractivity contribution in [1.29, 1.82) is 0 Å². The first-order chi connectivity index (χ1) is 32.8. The number of amides is 2. The van der Waals surface area contributed by atoms with Crippen LogP contribution in [-0.2, 0) is 51.1 Å².